The molecule has 1 aliphatic rings. The van der Waals surface area contributed by atoms with Crippen molar-refractivity contribution in [3.63, 3.8) is 0 Å². The summed E-state index contributed by atoms with van der Waals surface area (Å²) in [6.07, 6.45) is 0.654. The standard InChI is InChI=1S/C11H13NO2S/c1-14-9-4-2-8(3-5-9)7-15-11-6-10(13)12-11/h2-5,11H,6-7H2,1H3,(H,12,13). The molecule has 1 unspecified atom stereocenters. The molecular weight excluding hydrogens is 210 g/mol. The molecule has 1 aromatic carbocycles. The zero-order chi connectivity index (χ0) is 10.7. The van der Waals surface area contributed by atoms with Crippen LogP contribution in [0.2, 0.25) is 0 Å². The van der Waals surface area contributed by atoms with Crippen LogP contribution in [0.25, 0.3) is 0 Å². The second-order valence-corrected chi connectivity index (χ2v) is 4.61. The average Bonchev–Trinajstić information content (AvgIpc) is 2.23. The molecular formula is C11H13NO2S. The van der Waals surface area contributed by atoms with Gasteiger partial charge in [0.25, 0.3) is 0 Å². The number of methoxy groups -OCH3 is 1. The Hall–Kier alpha value is -1.16. The number of thioether (sulfide) groups is 1. The first-order chi connectivity index (χ1) is 7.28. The van der Waals surface area contributed by atoms with Gasteiger partial charge in [-0.2, -0.15) is 0 Å². The zero-order valence-corrected chi connectivity index (χ0v) is 9.34. The Morgan fingerprint density at radius 1 is 1.47 bits per heavy atom. The molecule has 1 amide bonds. The summed E-state index contributed by atoms with van der Waals surface area (Å²) in [5.74, 6) is 1.96. The van der Waals surface area contributed by atoms with Crippen molar-refractivity contribution in [3.8, 4) is 5.75 Å². The van der Waals surface area contributed by atoms with Crippen molar-refractivity contribution >= 4 is 17.7 Å². The van der Waals surface area contributed by atoms with Gasteiger partial charge in [-0.25, -0.2) is 0 Å². The Kier molecular flexibility index (Phi) is 3.16. The van der Waals surface area contributed by atoms with Gasteiger partial charge in [0.15, 0.2) is 0 Å². The molecule has 1 atom stereocenters. The third-order valence-electron chi connectivity index (χ3n) is 2.30. The summed E-state index contributed by atoms with van der Waals surface area (Å²) in [7, 11) is 1.66. The van der Waals surface area contributed by atoms with Crippen molar-refractivity contribution in [2.24, 2.45) is 0 Å². The van der Waals surface area contributed by atoms with E-state index < -0.39 is 0 Å². The molecule has 15 heavy (non-hydrogen) atoms. The summed E-state index contributed by atoms with van der Waals surface area (Å²) >= 11 is 1.76. The van der Waals surface area contributed by atoms with E-state index in [9.17, 15) is 4.79 Å². The molecule has 0 aliphatic carbocycles. The van der Waals surface area contributed by atoms with Crippen LogP contribution in [-0.2, 0) is 10.5 Å². The maximum atomic E-state index is 10.7. The minimum absolute atomic E-state index is 0.155. The molecule has 0 bridgehead atoms. The van der Waals surface area contributed by atoms with E-state index in [4.69, 9.17) is 4.74 Å². The lowest BCUT2D eigenvalue weighted by Gasteiger charge is -2.26. The van der Waals surface area contributed by atoms with E-state index >= 15 is 0 Å². The fraction of sp³-hybridized carbons (Fsp3) is 0.364. The molecule has 1 aromatic rings. The van der Waals surface area contributed by atoms with Gasteiger partial charge in [0.2, 0.25) is 5.91 Å². The average molecular weight is 223 g/mol. The Morgan fingerprint density at radius 3 is 2.67 bits per heavy atom. The molecule has 1 heterocycles. The molecule has 80 valence electrons. The minimum Gasteiger partial charge on any atom is -0.497 e. The van der Waals surface area contributed by atoms with Crippen LogP contribution in [0.1, 0.15) is 12.0 Å². The summed E-state index contributed by atoms with van der Waals surface area (Å²) in [4.78, 5) is 10.7. The van der Waals surface area contributed by atoms with Crippen LogP contribution in [0.5, 0.6) is 5.75 Å². The second kappa shape index (κ2) is 4.57. The van der Waals surface area contributed by atoms with Crippen molar-refractivity contribution in [1.29, 1.82) is 0 Å². The SMILES string of the molecule is COc1ccc(CSC2CC(=O)N2)cc1. The predicted molar refractivity (Wildman–Crippen MR) is 60.8 cm³/mol. The van der Waals surface area contributed by atoms with E-state index in [1.807, 2.05) is 24.3 Å². The smallest absolute Gasteiger partial charge is 0.223 e. The Labute approximate surface area is 93.2 Å². The number of nitrogens with one attached hydrogen (secondary N) is 1. The molecule has 3 nitrogen and oxygen atoms in total. The topological polar surface area (TPSA) is 38.3 Å². The van der Waals surface area contributed by atoms with Crippen LogP contribution >= 0.6 is 11.8 Å². The van der Waals surface area contributed by atoms with Crippen molar-refractivity contribution in [1.82, 2.24) is 5.32 Å². The molecule has 1 fully saturated rings. The lowest BCUT2D eigenvalue weighted by Crippen LogP contribution is -2.46. The van der Waals surface area contributed by atoms with Gasteiger partial charge < -0.3 is 10.1 Å². The maximum Gasteiger partial charge on any atom is 0.223 e. The third-order valence-corrected chi connectivity index (χ3v) is 3.49. The number of benzene rings is 1. The van der Waals surface area contributed by atoms with E-state index in [0.29, 0.717) is 11.8 Å². The lowest BCUT2D eigenvalue weighted by molar-refractivity contribution is -0.126. The largest absolute Gasteiger partial charge is 0.497 e. The number of β-lactam (4-membered cyclic amide) rings is 1. The summed E-state index contributed by atoms with van der Waals surface area (Å²) in [5, 5.41) is 3.14. The fourth-order valence-electron chi connectivity index (χ4n) is 1.35. The van der Waals surface area contributed by atoms with Crippen LogP contribution < -0.4 is 10.1 Å². The quantitative estimate of drug-likeness (QED) is 0.791. The highest BCUT2D eigenvalue weighted by Gasteiger charge is 2.24. The van der Waals surface area contributed by atoms with Crippen molar-refractivity contribution in [3.05, 3.63) is 29.8 Å². The zero-order valence-electron chi connectivity index (χ0n) is 8.53. The molecule has 0 saturated carbocycles. The summed E-state index contributed by atoms with van der Waals surface area (Å²) in [6, 6.07) is 8.00. The normalized spacial score (nSPS) is 19.3. The van der Waals surface area contributed by atoms with Crippen LogP contribution in [0.3, 0.4) is 0 Å². The molecule has 1 aliphatic heterocycles. The number of amides is 1. The second-order valence-electron chi connectivity index (χ2n) is 3.42. The first-order valence-electron chi connectivity index (χ1n) is 4.82. The molecule has 1 saturated heterocycles. The Bertz CT molecular complexity index is 342. The van der Waals surface area contributed by atoms with Gasteiger partial charge in [-0.05, 0) is 17.7 Å². The van der Waals surface area contributed by atoms with E-state index in [2.05, 4.69) is 5.32 Å². The first-order valence-corrected chi connectivity index (χ1v) is 5.87. The summed E-state index contributed by atoms with van der Waals surface area (Å²) < 4.78 is 5.08. The third kappa shape index (κ3) is 2.65. The van der Waals surface area contributed by atoms with Gasteiger partial charge in [0.05, 0.1) is 18.9 Å². The fourth-order valence-corrected chi connectivity index (χ4v) is 2.42. The van der Waals surface area contributed by atoms with Gasteiger partial charge in [0, 0.05) is 5.75 Å². The lowest BCUT2D eigenvalue weighted by atomic mass is 10.2. The van der Waals surface area contributed by atoms with Crippen molar-refractivity contribution in [2.45, 2.75) is 17.5 Å². The summed E-state index contributed by atoms with van der Waals surface area (Å²) in [6.45, 7) is 0. The molecule has 0 aromatic heterocycles. The molecule has 0 radical (unpaired) electrons. The summed E-state index contributed by atoms with van der Waals surface area (Å²) in [5.41, 5.74) is 1.25. The van der Waals surface area contributed by atoms with Crippen LogP contribution in [-0.4, -0.2) is 18.4 Å². The Balaban J connectivity index is 1.80. The number of carbonyl (C=O) groups excluding carboxylic acids is 1. The van der Waals surface area contributed by atoms with Crippen LogP contribution in [0.15, 0.2) is 24.3 Å². The monoisotopic (exact) mass is 223 g/mol. The van der Waals surface area contributed by atoms with Crippen LogP contribution in [0.4, 0.5) is 0 Å². The molecule has 4 heteroatoms. The predicted octanol–water partition coefficient (Wildman–Crippen LogP) is 1.77. The van der Waals surface area contributed by atoms with Gasteiger partial charge in [-0.15, -0.1) is 11.8 Å². The minimum atomic E-state index is 0.155. The maximum absolute atomic E-state index is 10.7. The molecule has 1 N–H and O–H groups in total. The van der Waals surface area contributed by atoms with E-state index in [1.165, 1.54) is 5.56 Å². The van der Waals surface area contributed by atoms with Gasteiger partial charge in [-0.1, -0.05) is 12.1 Å². The van der Waals surface area contributed by atoms with Gasteiger partial charge >= 0.3 is 0 Å². The van der Waals surface area contributed by atoms with Gasteiger partial charge in [-0.3, -0.25) is 4.79 Å². The Morgan fingerprint density at radius 2 is 2.13 bits per heavy atom. The number of ether oxygens (including phenoxy) is 1. The van der Waals surface area contributed by atoms with Crippen molar-refractivity contribution in [2.75, 3.05) is 7.11 Å². The number of hydrogen-bond acceptors (Lipinski definition) is 3. The van der Waals surface area contributed by atoms with Crippen molar-refractivity contribution < 1.29 is 9.53 Å². The first kappa shape index (κ1) is 10.4. The number of carbonyl (C=O) groups is 1. The highest BCUT2D eigenvalue weighted by atomic mass is 32.2. The van der Waals surface area contributed by atoms with E-state index in [0.717, 1.165) is 11.5 Å². The van der Waals surface area contributed by atoms with E-state index in [1.54, 1.807) is 18.9 Å². The van der Waals surface area contributed by atoms with Gasteiger partial charge in [0.1, 0.15) is 5.75 Å². The highest BCUT2D eigenvalue weighted by molar-refractivity contribution is 7.99. The highest BCUT2D eigenvalue weighted by Crippen LogP contribution is 2.24. The number of rotatable bonds is 4. The molecule has 0 spiro atoms. The van der Waals surface area contributed by atoms with E-state index in [-0.39, 0.29) is 5.91 Å². The van der Waals surface area contributed by atoms with Crippen LogP contribution in [0, 0.1) is 0 Å². The number of hydrogen-bond donors (Lipinski definition) is 1. The molecule has 2 rings (SSSR count).